The van der Waals surface area contributed by atoms with E-state index in [2.05, 4.69) is 58.1 Å². The van der Waals surface area contributed by atoms with Crippen LogP contribution in [0.5, 0.6) is 0 Å². The summed E-state index contributed by atoms with van der Waals surface area (Å²) >= 11 is 0. The molecule has 33 heavy (non-hydrogen) atoms. The molecule has 1 fully saturated rings. The van der Waals surface area contributed by atoms with Crippen LogP contribution < -0.4 is 0 Å². The third kappa shape index (κ3) is 7.23. The van der Waals surface area contributed by atoms with Crippen molar-refractivity contribution in [3.05, 3.63) is 66.2 Å². The van der Waals surface area contributed by atoms with Crippen LogP contribution in [0, 0.1) is 0 Å². The highest BCUT2D eigenvalue weighted by molar-refractivity contribution is 7.91. The lowest BCUT2D eigenvalue weighted by molar-refractivity contribution is -0.0610. The highest BCUT2D eigenvalue weighted by atomic mass is 32.2. The van der Waals surface area contributed by atoms with Gasteiger partial charge in [-0.2, -0.15) is 0 Å². The molecule has 0 aliphatic carbocycles. The number of hydrogen-bond acceptors (Lipinski definition) is 5. The Balaban J connectivity index is 1.54. The first kappa shape index (κ1) is 26.1. The molecule has 182 valence electrons. The van der Waals surface area contributed by atoms with Crippen LogP contribution in [0.2, 0.25) is 18.1 Å². The maximum atomic E-state index is 12.6. The summed E-state index contributed by atoms with van der Waals surface area (Å²) in [5.41, 5.74) is 1.20. The van der Waals surface area contributed by atoms with Gasteiger partial charge in [0.05, 0.1) is 29.5 Å². The van der Waals surface area contributed by atoms with Crippen molar-refractivity contribution in [2.45, 2.75) is 81.6 Å². The second-order valence-electron chi connectivity index (χ2n) is 10.3. The van der Waals surface area contributed by atoms with Gasteiger partial charge in [-0.15, -0.1) is 0 Å². The van der Waals surface area contributed by atoms with E-state index in [9.17, 15) is 8.42 Å². The van der Waals surface area contributed by atoms with Crippen molar-refractivity contribution in [3.63, 3.8) is 0 Å². The summed E-state index contributed by atoms with van der Waals surface area (Å²) in [4.78, 5) is 0.325. The smallest absolute Gasteiger partial charge is 0.192 e. The van der Waals surface area contributed by atoms with Crippen molar-refractivity contribution in [2.24, 2.45) is 0 Å². The topological polar surface area (TPSA) is 61.8 Å². The van der Waals surface area contributed by atoms with Crippen LogP contribution in [0.4, 0.5) is 0 Å². The van der Waals surface area contributed by atoms with Crippen molar-refractivity contribution in [3.8, 4) is 0 Å². The van der Waals surface area contributed by atoms with Gasteiger partial charge in [-0.3, -0.25) is 0 Å². The Labute approximate surface area is 200 Å². The normalized spacial score (nSPS) is 20.6. The molecule has 1 aliphatic heterocycles. The predicted molar refractivity (Wildman–Crippen MR) is 134 cm³/mol. The van der Waals surface area contributed by atoms with Gasteiger partial charge in [0.25, 0.3) is 0 Å². The molecule has 1 heterocycles. The summed E-state index contributed by atoms with van der Waals surface area (Å²) in [5, 5.41) is 0.134. The van der Waals surface area contributed by atoms with Gasteiger partial charge in [0.1, 0.15) is 0 Å². The summed E-state index contributed by atoms with van der Waals surface area (Å²) in [6.45, 7) is 11.6. The molecule has 0 bridgehead atoms. The van der Waals surface area contributed by atoms with Crippen LogP contribution in [0.25, 0.3) is 0 Å². The largest absolute Gasteiger partial charge is 0.410 e. The van der Waals surface area contributed by atoms with E-state index >= 15 is 0 Å². The van der Waals surface area contributed by atoms with E-state index in [1.54, 1.807) is 24.3 Å². The SMILES string of the molecule is CC(C)(C)[Si](C)(C)OC(CCCC1OCC(CS(=O)(=O)c2ccccc2)O1)c1ccccc1. The maximum absolute atomic E-state index is 12.6. The van der Waals surface area contributed by atoms with Gasteiger partial charge >= 0.3 is 0 Å². The van der Waals surface area contributed by atoms with Crippen molar-refractivity contribution in [2.75, 3.05) is 12.4 Å². The molecule has 0 amide bonds. The van der Waals surface area contributed by atoms with Crippen LogP contribution in [0.15, 0.2) is 65.6 Å². The summed E-state index contributed by atoms with van der Waals surface area (Å²) < 4.78 is 43.7. The van der Waals surface area contributed by atoms with Gasteiger partial charge in [-0.1, -0.05) is 69.3 Å². The molecule has 0 N–H and O–H groups in total. The van der Waals surface area contributed by atoms with Gasteiger partial charge in [0.2, 0.25) is 0 Å². The first-order valence-electron chi connectivity index (χ1n) is 11.8. The van der Waals surface area contributed by atoms with Crippen LogP contribution in [0.1, 0.15) is 51.7 Å². The third-order valence-corrected chi connectivity index (χ3v) is 12.9. The molecule has 0 saturated carbocycles. The van der Waals surface area contributed by atoms with Gasteiger partial charge in [-0.05, 0) is 55.1 Å². The Morgan fingerprint density at radius 2 is 1.64 bits per heavy atom. The number of rotatable bonds is 10. The molecule has 1 saturated heterocycles. The standard InChI is InChI=1S/C26H38O5SSi/c1-26(2,3)33(4,5)31-24(21-13-8-6-9-14-21)17-12-18-25-29-19-22(30-25)20-32(27,28)23-15-10-7-11-16-23/h6-11,13-16,22,24-25H,12,17-20H2,1-5H3. The lowest BCUT2D eigenvalue weighted by Crippen LogP contribution is -2.41. The Morgan fingerprint density at radius 3 is 2.24 bits per heavy atom. The van der Waals surface area contributed by atoms with Crippen molar-refractivity contribution in [1.29, 1.82) is 0 Å². The molecule has 2 aromatic rings. The zero-order valence-corrected chi connectivity index (χ0v) is 22.3. The monoisotopic (exact) mass is 490 g/mol. The van der Waals surface area contributed by atoms with E-state index in [-0.39, 0.29) is 23.2 Å². The summed E-state index contributed by atoms with van der Waals surface area (Å²) in [6, 6.07) is 18.9. The Bertz CT molecular complexity index is 971. The third-order valence-electron chi connectivity index (χ3n) is 6.64. The van der Waals surface area contributed by atoms with E-state index < -0.39 is 24.3 Å². The zero-order valence-electron chi connectivity index (χ0n) is 20.5. The first-order valence-corrected chi connectivity index (χ1v) is 16.3. The first-order chi connectivity index (χ1) is 15.5. The Hall–Kier alpha value is -1.51. The molecule has 7 heteroatoms. The fourth-order valence-corrected chi connectivity index (χ4v) is 6.43. The molecule has 0 spiro atoms. The Morgan fingerprint density at radius 1 is 1.03 bits per heavy atom. The molecule has 1 aliphatic rings. The molecule has 0 radical (unpaired) electrons. The van der Waals surface area contributed by atoms with Crippen molar-refractivity contribution < 1.29 is 22.3 Å². The van der Waals surface area contributed by atoms with Crippen molar-refractivity contribution >= 4 is 18.2 Å². The Kier molecular flexibility index (Phi) is 8.56. The van der Waals surface area contributed by atoms with Crippen LogP contribution in [-0.2, 0) is 23.7 Å². The fraction of sp³-hybridized carbons (Fsp3) is 0.538. The number of ether oxygens (including phenoxy) is 2. The van der Waals surface area contributed by atoms with Gasteiger partial charge in [-0.25, -0.2) is 8.42 Å². The molecular formula is C26H38O5SSi. The minimum absolute atomic E-state index is 0.0303. The highest BCUT2D eigenvalue weighted by Crippen LogP contribution is 2.41. The van der Waals surface area contributed by atoms with E-state index in [0.29, 0.717) is 17.9 Å². The molecule has 0 aromatic heterocycles. The summed E-state index contributed by atoms with van der Waals surface area (Å²) in [7, 11) is -5.32. The van der Waals surface area contributed by atoms with Gasteiger partial charge in [0, 0.05) is 0 Å². The molecule has 5 nitrogen and oxygen atoms in total. The molecule has 3 atom stereocenters. The quantitative estimate of drug-likeness (QED) is 0.375. The van der Waals surface area contributed by atoms with Crippen LogP contribution in [-0.4, -0.2) is 41.5 Å². The zero-order chi connectivity index (χ0) is 24.1. The van der Waals surface area contributed by atoms with Gasteiger partial charge < -0.3 is 13.9 Å². The average molecular weight is 491 g/mol. The van der Waals surface area contributed by atoms with Crippen LogP contribution in [0.3, 0.4) is 0 Å². The van der Waals surface area contributed by atoms with Gasteiger partial charge in [0.15, 0.2) is 24.4 Å². The number of benzene rings is 2. The average Bonchev–Trinajstić information content (AvgIpc) is 3.20. The summed E-state index contributed by atoms with van der Waals surface area (Å²) in [5.74, 6) is -0.0609. The predicted octanol–water partition coefficient (Wildman–Crippen LogP) is 6.14. The van der Waals surface area contributed by atoms with Crippen molar-refractivity contribution in [1.82, 2.24) is 0 Å². The highest BCUT2D eigenvalue weighted by Gasteiger charge is 2.39. The maximum Gasteiger partial charge on any atom is 0.192 e. The minimum atomic E-state index is -3.39. The lowest BCUT2D eigenvalue weighted by atomic mass is 10.0. The summed E-state index contributed by atoms with van der Waals surface area (Å²) in [6.07, 6.45) is 1.68. The molecule has 3 rings (SSSR count). The lowest BCUT2D eigenvalue weighted by Gasteiger charge is -2.39. The van der Waals surface area contributed by atoms with E-state index in [1.165, 1.54) is 5.56 Å². The molecular weight excluding hydrogens is 452 g/mol. The number of sulfone groups is 1. The second kappa shape index (κ2) is 10.8. The van der Waals surface area contributed by atoms with E-state index in [4.69, 9.17) is 13.9 Å². The fourth-order valence-electron chi connectivity index (χ4n) is 3.68. The second-order valence-corrected chi connectivity index (χ2v) is 17.1. The van der Waals surface area contributed by atoms with Crippen LogP contribution >= 0.6 is 0 Å². The number of hydrogen-bond donors (Lipinski definition) is 0. The van der Waals surface area contributed by atoms with E-state index in [0.717, 1.165) is 12.8 Å². The minimum Gasteiger partial charge on any atom is -0.410 e. The molecule has 2 aromatic carbocycles. The van der Waals surface area contributed by atoms with E-state index in [1.807, 2.05) is 12.1 Å². The molecule has 3 unspecified atom stereocenters.